The molecular weight excluding hydrogens is 274 g/mol. The molecule has 0 aromatic heterocycles. The lowest BCUT2D eigenvalue weighted by atomic mass is 10.1. The topological polar surface area (TPSA) is 65.1 Å². The van der Waals surface area contributed by atoms with Crippen LogP contribution >= 0.6 is 0 Å². The largest absolute Gasteiger partial charge is 0.418 e. The lowest BCUT2D eigenvalue weighted by Gasteiger charge is -2.25. The molecule has 2 fully saturated rings. The van der Waals surface area contributed by atoms with E-state index in [9.17, 15) is 9.59 Å². The molecule has 0 radical (unpaired) electrons. The van der Waals surface area contributed by atoms with Gasteiger partial charge in [0.15, 0.2) is 11.8 Å². The fourth-order valence-corrected chi connectivity index (χ4v) is 2.61. The Balaban J connectivity index is 1.80. The molecule has 3 rings (SSSR count). The highest BCUT2D eigenvalue weighted by atomic mass is 16.7. The van der Waals surface area contributed by atoms with Crippen molar-refractivity contribution in [2.45, 2.75) is 38.3 Å². The maximum Gasteiger partial charge on any atom is 0.418 e. The number of cyclic esters (lactones) is 2. The number of hydrogen-bond donors (Lipinski definition) is 0. The molecule has 6 nitrogen and oxygen atoms in total. The zero-order valence-corrected chi connectivity index (χ0v) is 11.9. The lowest BCUT2D eigenvalue weighted by molar-refractivity contribution is -0.152. The van der Waals surface area contributed by atoms with Crippen molar-refractivity contribution in [1.82, 2.24) is 4.90 Å². The predicted octanol–water partition coefficient (Wildman–Crippen LogP) is 1.69. The molecule has 2 heterocycles. The fourth-order valence-electron chi connectivity index (χ4n) is 2.61. The molecule has 6 heteroatoms. The first kappa shape index (κ1) is 14.0. The van der Waals surface area contributed by atoms with Crippen LogP contribution < -0.4 is 0 Å². The Hall–Kier alpha value is -1.92. The second-order valence-corrected chi connectivity index (χ2v) is 5.61. The first-order chi connectivity index (χ1) is 9.96. The smallest absolute Gasteiger partial charge is 0.374 e. The summed E-state index contributed by atoms with van der Waals surface area (Å²) in [5, 5.41) is 0. The first-order valence-electron chi connectivity index (χ1n) is 6.84. The number of carbonyl (C=O) groups is 2. The highest BCUT2D eigenvalue weighted by Crippen LogP contribution is 2.30. The Morgan fingerprint density at radius 2 is 1.95 bits per heavy atom. The lowest BCUT2D eigenvalue weighted by Crippen LogP contribution is -2.45. The van der Waals surface area contributed by atoms with Crippen LogP contribution in [0.4, 0.5) is 4.79 Å². The second kappa shape index (κ2) is 5.13. The van der Waals surface area contributed by atoms with Crippen LogP contribution in [0.15, 0.2) is 30.3 Å². The van der Waals surface area contributed by atoms with E-state index in [0.717, 1.165) is 5.56 Å². The van der Waals surface area contributed by atoms with Crippen LogP contribution in [-0.4, -0.2) is 41.5 Å². The van der Waals surface area contributed by atoms with Gasteiger partial charge in [0.05, 0.1) is 13.2 Å². The minimum atomic E-state index is -0.764. The van der Waals surface area contributed by atoms with E-state index in [0.29, 0.717) is 6.54 Å². The average Bonchev–Trinajstić information content (AvgIpc) is 2.91. The first-order valence-corrected chi connectivity index (χ1v) is 6.84. The highest BCUT2D eigenvalue weighted by Gasteiger charge is 2.50. The third kappa shape index (κ3) is 2.77. The highest BCUT2D eigenvalue weighted by molar-refractivity contribution is 5.96. The van der Waals surface area contributed by atoms with Gasteiger partial charge in [-0.25, -0.2) is 9.59 Å². The summed E-state index contributed by atoms with van der Waals surface area (Å²) >= 11 is 0. The van der Waals surface area contributed by atoms with Crippen molar-refractivity contribution in [3.05, 3.63) is 35.9 Å². The van der Waals surface area contributed by atoms with Gasteiger partial charge in [-0.1, -0.05) is 30.3 Å². The van der Waals surface area contributed by atoms with Gasteiger partial charge in [-0.15, -0.1) is 0 Å². The molecule has 1 amide bonds. The molecule has 0 unspecified atom stereocenters. The molecule has 1 aromatic carbocycles. The molecule has 0 bridgehead atoms. The summed E-state index contributed by atoms with van der Waals surface area (Å²) in [6.07, 6.45) is -1.15. The van der Waals surface area contributed by atoms with Gasteiger partial charge in [0.2, 0.25) is 0 Å². The zero-order chi connectivity index (χ0) is 15.0. The van der Waals surface area contributed by atoms with E-state index >= 15 is 0 Å². The second-order valence-electron chi connectivity index (χ2n) is 5.61. The number of nitrogens with zero attached hydrogens (tertiary/aromatic N) is 1. The molecule has 2 saturated heterocycles. The van der Waals surface area contributed by atoms with Crippen molar-refractivity contribution in [2.24, 2.45) is 0 Å². The van der Waals surface area contributed by atoms with E-state index in [1.54, 1.807) is 13.8 Å². The zero-order valence-electron chi connectivity index (χ0n) is 11.9. The molecule has 2 atom stereocenters. The summed E-state index contributed by atoms with van der Waals surface area (Å²) in [6.45, 7) is 4.11. The summed E-state index contributed by atoms with van der Waals surface area (Å²) in [6, 6.07) is 8.67. The molecule has 0 spiro atoms. The van der Waals surface area contributed by atoms with Gasteiger partial charge in [-0.3, -0.25) is 4.90 Å². The number of esters is 1. The number of rotatable bonds is 3. The van der Waals surface area contributed by atoms with Crippen LogP contribution in [0, 0.1) is 0 Å². The van der Waals surface area contributed by atoms with Gasteiger partial charge >= 0.3 is 12.1 Å². The van der Waals surface area contributed by atoms with Crippen LogP contribution in [0.1, 0.15) is 19.4 Å². The molecular formula is C15H17NO5. The summed E-state index contributed by atoms with van der Waals surface area (Å²) in [4.78, 5) is 25.3. The van der Waals surface area contributed by atoms with Gasteiger partial charge in [0, 0.05) is 0 Å². The molecule has 2 aliphatic rings. The minimum Gasteiger partial charge on any atom is -0.374 e. The van der Waals surface area contributed by atoms with E-state index in [-0.39, 0.29) is 6.61 Å². The van der Waals surface area contributed by atoms with E-state index in [1.807, 2.05) is 30.3 Å². The SMILES string of the molecule is CC1(C)OC[C@H]([C@H]2C(=O)OC(=O)N2Cc2ccccc2)O1. The third-order valence-electron chi connectivity index (χ3n) is 3.58. The Morgan fingerprint density at radius 3 is 2.57 bits per heavy atom. The minimum absolute atomic E-state index is 0.255. The summed E-state index contributed by atoms with van der Waals surface area (Å²) in [5.41, 5.74) is 0.923. The van der Waals surface area contributed by atoms with E-state index in [1.165, 1.54) is 4.90 Å². The summed E-state index contributed by atoms with van der Waals surface area (Å²) < 4.78 is 15.9. The number of benzene rings is 1. The molecule has 0 aliphatic carbocycles. The summed E-state index contributed by atoms with van der Waals surface area (Å²) in [5.74, 6) is -1.34. The summed E-state index contributed by atoms with van der Waals surface area (Å²) in [7, 11) is 0. The standard InChI is InChI=1S/C15H17NO5/c1-15(2)19-9-11(21-15)12-13(17)20-14(18)16(12)8-10-6-4-3-5-7-10/h3-7,11-12H,8-9H2,1-2H3/t11-,12+/m1/s1. The van der Waals surface area contributed by atoms with Crippen molar-refractivity contribution in [1.29, 1.82) is 0 Å². The quantitative estimate of drug-likeness (QED) is 0.626. The fraction of sp³-hybridized carbons (Fsp3) is 0.467. The average molecular weight is 291 g/mol. The monoisotopic (exact) mass is 291 g/mol. The van der Waals surface area contributed by atoms with Gasteiger partial charge in [-0.2, -0.15) is 0 Å². The van der Waals surface area contributed by atoms with Gasteiger partial charge in [0.25, 0.3) is 0 Å². The molecule has 112 valence electrons. The van der Waals surface area contributed by atoms with Gasteiger partial charge in [-0.05, 0) is 19.4 Å². The Bertz CT molecular complexity index is 556. The van der Waals surface area contributed by atoms with Crippen LogP contribution in [-0.2, 0) is 25.5 Å². The maximum atomic E-state index is 12.0. The molecule has 0 saturated carbocycles. The van der Waals surface area contributed by atoms with E-state index in [4.69, 9.17) is 14.2 Å². The molecule has 21 heavy (non-hydrogen) atoms. The van der Waals surface area contributed by atoms with Gasteiger partial charge < -0.3 is 14.2 Å². The number of carbonyl (C=O) groups excluding carboxylic acids is 2. The van der Waals surface area contributed by atoms with Crippen molar-refractivity contribution < 1.29 is 23.8 Å². The van der Waals surface area contributed by atoms with Gasteiger partial charge in [0.1, 0.15) is 6.10 Å². The van der Waals surface area contributed by atoms with Crippen molar-refractivity contribution in [2.75, 3.05) is 6.61 Å². The number of ether oxygens (including phenoxy) is 3. The van der Waals surface area contributed by atoms with Crippen molar-refractivity contribution >= 4 is 12.1 Å². The van der Waals surface area contributed by atoms with E-state index < -0.39 is 30.0 Å². The number of amides is 1. The molecule has 2 aliphatic heterocycles. The molecule has 0 N–H and O–H groups in total. The Labute approximate surface area is 122 Å². The predicted molar refractivity (Wildman–Crippen MR) is 72.2 cm³/mol. The Morgan fingerprint density at radius 1 is 1.24 bits per heavy atom. The maximum absolute atomic E-state index is 12.0. The normalized spacial score (nSPS) is 28.0. The van der Waals surface area contributed by atoms with E-state index in [2.05, 4.69) is 0 Å². The van der Waals surface area contributed by atoms with Crippen LogP contribution in [0.5, 0.6) is 0 Å². The van der Waals surface area contributed by atoms with Crippen LogP contribution in [0.3, 0.4) is 0 Å². The number of hydrogen-bond acceptors (Lipinski definition) is 5. The van der Waals surface area contributed by atoms with Crippen molar-refractivity contribution in [3.63, 3.8) is 0 Å². The van der Waals surface area contributed by atoms with Crippen LogP contribution in [0.25, 0.3) is 0 Å². The van der Waals surface area contributed by atoms with Crippen molar-refractivity contribution in [3.8, 4) is 0 Å². The third-order valence-corrected chi connectivity index (χ3v) is 3.58. The van der Waals surface area contributed by atoms with Crippen LogP contribution in [0.2, 0.25) is 0 Å². The Kier molecular flexibility index (Phi) is 3.43. The molecule has 1 aromatic rings.